The van der Waals surface area contributed by atoms with Crippen LogP contribution in [0.25, 0.3) is 0 Å². The Morgan fingerprint density at radius 3 is 2.67 bits per heavy atom. The number of alkyl halides is 1. The highest BCUT2D eigenvalue weighted by Gasteiger charge is 2.07. The molecular formula is C14H23ClFN5. The molecule has 0 aliphatic rings. The molecule has 2 aromatic heterocycles. The van der Waals surface area contributed by atoms with E-state index in [1.807, 2.05) is 17.7 Å². The zero-order valence-corrected chi connectivity index (χ0v) is 13.5. The minimum absolute atomic E-state index is 0. The molecule has 0 aromatic carbocycles. The van der Waals surface area contributed by atoms with Gasteiger partial charge in [0.25, 0.3) is 0 Å². The highest BCUT2D eigenvalue weighted by atomic mass is 35.5. The third-order valence-electron chi connectivity index (χ3n) is 3.18. The van der Waals surface area contributed by atoms with Gasteiger partial charge in [0.1, 0.15) is 6.67 Å². The molecule has 0 radical (unpaired) electrons. The molecule has 1 N–H and O–H groups in total. The molecule has 2 heterocycles. The summed E-state index contributed by atoms with van der Waals surface area (Å²) in [7, 11) is 0. The number of hydrogen-bond donors (Lipinski definition) is 1. The van der Waals surface area contributed by atoms with Crippen LogP contribution in [0.2, 0.25) is 0 Å². The Morgan fingerprint density at radius 1 is 1.29 bits per heavy atom. The molecule has 21 heavy (non-hydrogen) atoms. The normalized spacial score (nSPS) is 10.9. The van der Waals surface area contributed by atoms with Crippen LogP contribution in [0.3, 0.4) is 0 Å². The van der Waals surface area contributed by atoms with Crippen molar-refractivity contribution in [3.63, 3.8) is 0 Å². The SMILES string of the molecule is Cc1nn(C(C)C)cc1CNCc1ccn(CCF)n1.Cl. The monoisotopic (exact) mass is 315 g/mol. The first-order chi connectivity index (χ1) is 9.60. The minimum Gasteiger partial charge on any atom is -0.307 e. The Labute approximate surface area is 130 Å². The summed E-state index contributed by atoms with van der Waals surface area (Å²) >= 11 is 0. The van der Waals surface area contributed by atoms with E-state index in [1.165, 1.54) is 5.56 Å². The van der Waals surface area contributed by atoms with Gasteiger partial charge in [0.05, 0.1) is 17.9 Å². The number of nitrogens with one attached hydrogen (secondary N) is 1. The van der Waals surface area contributed by atoms with E-state index in [4.69, 9.17) is 0 Å². The first-order valence-electron chi connectivity index (χ1n) is 6.93. The van der Waals surface area contributed by atoms with Crippen molar-refractivity contribution < 1.29 is 4.39 Å². The third kappa shape index (κ3) is 4.82. The lowest BCUT2D eigenvalue weighted by Crippen LogP contribution is -2.14. The molecule has 0 spiro atoms. The summed E-state index contributed by atoms with van der Waals surface area (Å²) in [4.78, 5) is 0. The van der Waals surface area contributed by atoms with Crippen LogP contribution in [0, 0.1) is 6.92 Å². The third-order valence-corrected chi connectivity index (χ3v) is 3.18. The van der Waals surface area contributed by atoms with Crippen LogP contribution in [-0.2, 0) is 19.6 Å². The molecule has 5 nitrogen and oxygen atoms in total. The van der Waals surface area contributed by atoms with E-state index in [9.17, 15) is 4.39 Å². The van der Waals surface area contributed by atoms with Gasteiger partial charge < -0.3 is 5.32 Å². The Balaban J connectivity index is 0.00000220. The largest absolute Gasteiger partial charge is 0.307 e. The quantitative estimate of drug-likeness (QED) is 0.854. The van der Waals surface area contributed by atoms with Crippen LogP contribution in [-0.4, -0.2) is 26.2 Å². The minimum atomic E-state index is -0.387. The maximum Gasteiger partial charge on any atom is 0.109 e. The topological polar surface area (TPSA) is 47.7 Å². The van der Waals surface area contributed by atoms with Crippen molar-refractivity contribution in [2.24, 2.45) is 0 Å². The summed E-state index contributed by atoms with van der Waals surface area (Å²) in [5, 5.41) is 12.1. The Morgan fingerprint density at radius 2 is 2.05 bits per heavy atom. The van der Waals surface area contributed by atoms with Crippen molar-refractivity contribution in [3.05, 3.63) is 35.4 Å². The number of halogens is 2. The first-order valence-corrected chi connectivity index (χ1v) is 6.93. The summed E-state index contributed by atoms with van der Waals surface area (Å²) in [6.07, 6.45) is 3.88. The van der Waals surface area contributed by atoms with Crippen molar-refractivity contribution in [2.45, 2.75) is 46.4 Å². The molecule has 2 rings (SSSR count). The van der Waals surface area contributed by atoms with Crippen molar-refractivity contribution in [1.29, 1.82) is 0 Å². The van der Waals surface area contributed by atoms with Crippen LogP contribution in [0.1, 0.15) is 36.8 Å². The Bertz CT molecular complexity index is 549. The highest BCUT2D eigenvalue weighted by molar-refractivity contribution is 5.85. The van der Waals surface area contributed by atoms with Crippen molar-refractivity contribution in [1.82, 2.24) is 24.9 Å². The van der Waals surface area contributed by atoms with E-state index >= 15 is 0 Å². The molecule has 0 unspecified atom stereocenters. The number of hydrogen-bond acceptors (Lipinski definition) is 3. The number of aromatic nitrogens is 4. The van der Waals surface area contributed by atoms with Gasteiger partial charge in [-0.15, -0.1) is 12.4 Å². The maximum absolute atomic E-state index is 12.2. The van der Waals surface area contributed by atoms with Gasteiger partial charge in [0.2, 0.25) is 0 Å². The van der Waals surface area contributed by atoms with Gasteiger partial charge in [0, 0.05) is 37.1 Å². The standard InChI is InChI=1S/C14H22FN5.ClH/c1-11(2)20-10-13(12(3)17-20)8-16-9-14-4-6-19(18-14)7-5-15;/h4,6,10-11,16H,5,7-9H2,1-3H3;1H. The van der Waals surface area contributed by atoms with E-state index < -0.39 is 0 Å². The summed E-state index contributed by atoms with van der Waals surface area (Å²) < 4.78 is 15.8. The van der Waals surface area contributed by atoms with E-state index in [0.29, 0.717) is 19.1 Å². The van der Waals surface area contributed by atoms with Crippen LogP contribution < -0.4 is 5.32 Å². The summed E-state index contributed by atoms with van der Waals surface area (Å²) in [6.45, 7) is 7.61. The smallest absolute Gasteiger partial charge is 0.109 e. The fraction of sp³-hybridized carbons (Fsp3) is 0.571. The lowest BCUT2D eigenvalue weighted by molar-refractivity contribution is 0.425. The predicted octanol–water partition coefficient (Wildman–Crippen LogP) is 2.65. The summed E-state index contributed by atoms with van der Waals surface area (Å²) in [5.74, 6) is 0. The Hall–Kier alpha value is -1.40. The molecule has 0 atom stereocenters. The van der Waals surface area contributed by atoms with Crippen molar-refractivity contribution in [3.8, 4) is 0 Å². The highest BCUT2D eigenvalue weighted by Crippen LogP contribution is 2.10. The van der Waals surface area contributed by atoms with Crippen molar-refractivity contribution in [2.75, 3.05) is 6.67 Å². The molecule has 2 aromatic rings. The molecule has 0 saturated carbocycles. The summed E-state index contributed by atoms with van der Waals surface area (Å²) in [5.41, 5.74) is 3.17. The van der Waals surface area contributed by atoms with Gasteiger partial charge in [-0.3, -0.25) is 9.36 Å². The molecule has 0 fully saturated rings. The Kier molecular flexibility index (Phi) is 6.84. The van der Waals surface area contributed by atoms with Crippen molar-refractivity contribution >= 4 is 12.4 Å². The first kappa shape index (κ1) is 17.7. The lowest BCUT2D eigenvalue weighted by Gasteiger charge is -2.03. The molecule has 7 heteroatoms. The van der Waals surface area contributed by atoms with Crippen LogP contribution >= 0.6 is 12.4 Å². The van der Waals surface area contributed by atoms with Gasteiger partial charge in [-0.25, -0.2) is 4.39 Å². The van der Waals surface area contributed by atoms with E-state index in [-0.39, 0.29) is 19.1 Å². The fourth-order valence-corrected chi connectivity index (χ4v) is 1.99. The van der Waals surface area contributed by atoms with Gasteiger partial charge in [-0.05, 0) is 26.8 Å². The molecular weight excluding hydrogens is 293 g/mol. The zero-order valence-electron chi connectivity index (χ0n) is 12.7. The molecule has 0 bridgehead atoms. The van der Waals surface area contributed by atoms with Gasteiger partial charge in [-0.1, -0.05) is 0 Å². The van der Waals surface area contributed by atoms with Crippen LogP contribution in [0.4, 0.5) is 4.39 Å². The molecule has 0 aliphatic heterocycles. The lowest BCUT2D eigenvalue weighted by atomic mass is 10.2. The fourth-order valence-electron chi connectivity index (χ4n) is 1.99. The zero-order chi connectivity index (χ0) is 14.5. The number of aryl methyl sites for hydroxylation is 2. The van der Waals surface area contributed by atoms with Gasteiger partial charge >= 0.3 is 0 Å². The second kappa shape index (κ2) is 8.14. The molecule has 0 saturated heterocycles. The van der Waals surface area contributed by atoms with E-state index in [0.717, 1.165) is 17.9 Å². The maximum atomic E-state index is 12.2. The average Bonchev–Trinajstić information content (AvgIpc) is 2.98. The van der Waals surface area contributed by atoms with Crippen LogP contribution in [0.5, 0.6) is 0 Å². The van der Waals surface area contributed by atoms with Gasteiger partial charge in [-0.2, -0.15) is 10.2 Å². The van der Waals surface area contributed by atoms with Crippen LogP contribution in [0.15, 0.2) is 18.5 Å². The molecule has 118 valence electrons. The second-order valence-corrected chi connectivity index (χ2v) is 5.18. The number of rotatable bonds is 7. The van der Waals surface area contributed by atoms with Gasteiger partial charge in [0.15, 0.2) is 0 Å². The summed E-state index contributed by atoms with van der Waals surface area (Å²) in [6, 6.07) is 2.28. The van der Waals surface area contributed by atoms with E-state index in [2.05, 4.69) is 35.6 Å². The second-order valence-electron chi connectivity index (χ2n) is 5.18. The number of nitrogens with zero attached hydrogens (tertiary/aromatic N) is 4. The molecule has 0 aliphatic carbocycles. The molecule has 0 amide bonds. The average molecular weight is 316 g/mol. The predicted molar refractivity (Wildman–Crippen MR) is 83.3 cm³/mol. The van der Waals surface area contributed by atoms with E-state index in [1.54, 1.807) is 10.9 Å².